The molecule has 0 bridgehead atoms. The molecule has 20 heavy (non-hydrogen) atoms. The minimum atomic E-state index is -3.95. The third-order valence-electron chi connectivity index (χ3n) is 2.34. The van der Waals surface area contributed by atoms with Gasteiger partial charge in [0.1, 0.15) is 10.6 Å². The SMILES string of the molecule is NS(=O)(=O)c1cc(Cl)c(OCCCCC(=O)O)cc1Cl. The molecular formula is C11H13Cl2NO5S. The molecule has 1 rings (SSSR count). The summed E-state index contributed by atoms with van der Waals surface area (Å²) in [5, 5.41) is 13.4. The standard InChI is InChI=1S/C11H13Cl2NO5S/c12-7-6-10(20(14,17)18)8(13)5-9(7)19-4-2-1-3-11(15)16/h5-6H,1-4H2,(H,15,16)(H2,14,17,18). The van der Waals surface area contributed by atoms with E-state index in [0.29, 0.717) is 12.8 Å². The van der Waals surface area contributed by atoms with Gasteiger partial charge in [-0.15, -0.1) is 0 Å². The molecule has 0 saturated carbocycles. The van der Waals surface area contributed by atoms with Gasteiger partial charge in [0.15, 0.2) is 0 Å². The first-order chi connectivity index (χ1) is 9.21. The number of hydrogen-bond acceptors (Lipinski definition) is 4. The quantitative estimate of drug-likeness (QED) is 0.739. The van der Waals surface area contributed by atoms with E-state index < -0.39 is 16.0 Å². The lowest BCUT2D eigenvalue weighted by molar-refractivity contribution is -0.137. The van der Waals surface area contributed by atoms with Crippen LogP contribution in [0.15, 0.2) is 17.0 Å². The van der Waals surface area contributed by atoms with Crippen LogP contribution in [-0.2, 0) is 14.8 Å². The Balaban J connectivity index is 2.69. The van der Waals surface area contributed by atoms with Crippen molar-refractivity contribution in [1.29, 1.82) is 0 Å². The summed E-state index contributed by atoms with van der Waals surface area (Å²) < 4.78 is 27.8. The molecule has 6 nitrogen and oxygen atoms in total. The van der Waals surface area contributed by atoms with E-state index in [9.17, 15) is 13.2 Å². The Kier molecular flexibility index (Phi) is 6.07. The first-order valence-corrected chi connectivity index (χ1v) is 7.88. The summed E-state index contributed by atoms with van der Waals surface area (Å²) in [6.07, 6.45) is 1.05. The molecule has 112 valence electrons. The number of hydrogen-bond donors (Lipinski definition) is 2. The number of aliphatic carboxylic acids is 1. The van der Waals surface area contributed by atoms with Gasteiger partial charge in [0.25, 0.3) is 0 Å². The fourth-order valence-electron chi connectivity index (χ4n) is 1.40. The maximum Gasteiger partial charge on any atom is 0.303 e. The Labute approximate surface area is 126 Å². The lowest BCUT2D eigenvalue weighted by Gasteiger charge is -2.10. The zero-order valence-corrected chi connectivity index (χ0v) is 12.6. The van der Waals surface area contributed by atoms with Crippen molar-refractivity contribution in [3.05, 3.63) is 22.2 Å². The molecule has 0 amide bonds. The van der Waals surface area contributed by atoms with E-state index in [0.717, 1.165) is 6.07 Å². The maximum absolute atomic E-state index is 11.2. The van der Waals surface area contributed by atoms with Gasteiger partial charge in [-0.2, -0.15) is 0 Å². The van der Waals surface area contributed by atoms with Crippen LogP contribution in [0.1, 0.15) is 19.3 Å². The Morgan fingerprint density at radius 2 is 1.90 bits per heavy atom. The molecule has 0 aliphatic heterocycles. The number of nitrogens with two attached hydrogens (primary N) is 1. The molecule has 0 heterocycles. The number of primary sulfonamides is 1. The van der Waals surface area contributed by atoms with E-state index in [1.165, 1.54) is 6.07 Å². The Morgan fingerprint density at radius 3 is 2.45 bits per heavy atom. The van der Waals surface area contributed by atoms with Gasteiger partial charge in [0.2, 0.25) is 10.0 Å². The second-order valence-corrected chi connectivity index (χ2v) is 6.30. The molecule has 0 unspecified atom stereocenters. The van der Waals surface area contributed by atoms with Gasteiger partial charge in [-0.25, -0.2) is 13.6 Å². The van der Waals surface area contributed by atoms with Crippen LogP contribution in [-0.4, -0.2) is 26.1 Å². The van der Waals surface area contributed by atoms with Crippen molar-refractivity contribution in [2.24, 2.45) is 5.14 Å². The third-order valence-corrected chi connectivity index (χ3v) is 4.01. The molecule has 0 fully saturated rings. The number of carboxylic acids is 1. The van der Waals surface area contributed by atoms with Crippen molar-refractivity contribution in [3.8, 4) is 5.75 Å². The van der Waals surface area contributed by atoms with Crippen molar-refractivity contribution in [2.45, 2.75) is 24.2 Å². The summed E-state index contributed by atoms with van der Waals surface area (Å²) in [6, 6.07) is 2.38. The van der Waals surface area contributed by atoms with E-state index in [1.807, 2.05) is 0 Å². The van der Waals surface area contributed by atoms with E-state index >= 15 is 0 Å². The summed E-state index contributed by atoms with van der Waals surface area (Å²) in [5.74, 6) is -0.650. The lowest BCUT2D eigenvalue weighted by Crippen LogP contribution is -2.13. The van der Waals surface area contributed by atoms with Crippen LogP contribution < -0.4 is 9.88 Å². The fraction of sp³-hybridized carbons (Fsp3) is 0.364. The Bertz CT molecular complexity index is 603. The molecule has 0 aromatic heterocycles. The smallest absolute Gasteiger partial charge is 0.303 e. The summed E-state index contributed by atoms with van der Waals surface area (Å²) in [4.78, 5) is 10.0. The van der Waals surface area contributed by atoms with Gasteiger partial charge in [-0.1, -0.05) is 23.2 Å². The number of rotatable bonds is 7. The van der Waals surface area contributed by atoms with E-state index in [-0.39, 0.29) is 33.7 Å². The molecular weight excluding hydrogens is 329 g/mol. The predicted octanol–water partition coefficient (Wildman–Crippen LogP) is 2.27. The van der Waals surface area contributed by atoms with Crippen molar-refractivity contribution < 1.29 is 23.1 Å². The van der Waals surface area contributed by atoms with Crippen LogP contribution in [0.25, 0.3) is 0 Å². The van der Waals surface area contributed by atoms with Gasteiger partial charge in [-0.05, 0) is 18.9 Å². The number of carbonyl (C=O) groups is 1. The Hall–Kier alpha value is -1.02. The molecule has 0 aliphatic carbocycles. The largest absolute Gasteiger partial charge is 0.492 e. The zero-order valence-electron chi connectivity index (χ0n) is 10.3. The first kappa shape index (κ1) is 17.0. The average molecular weight is 342 g/mol. The summed E-state index contributed by atoms with van der Waals surface area (Å²) in [6.45, 7) is 0.248. The number of ether oxygens (including phenoxy) is 1. The molecule has 0 spiro atoms. The van der Waals surface area contributed by atoms with Crippen molar-refractivity contribution in [3.63, 3.8) is 0 Å². The fourth-order valence-corrected chi connectivity index (χ4v) is 2.77. The van der Waals surface area contributed by atoms with E-state index in [1.54, 1.807) is 0 Å². The molecule has 1 aromatic carbocycles. The molecule has 0 aliphatic rings. The van der Waals surface area contributed by atoms with Crippen LogP contribution in [0, 0.1) is 0 Å². The number of sulfonamides is 1. The molecule has 9 heteroatoms. The highest BCUT2D eigenvalue weighted by molar-refractivity contribution is 7.89. The molecule has 1 aromatic rings. The average Bonchev–Trinajstić information content (AvgIpc) is 2.30. The van der Waals surface area contributed by atoms with E-state index in [4.69, 9.17) is 38.2 Å². The van der Waals surface area contributed by atoms with Gasteiger partial charge in [0.05, 0.1) is 16.7 Å². The highest BCUT2D eigenvalue weighted by Crippen LogP contribution is 2.33. The second-order valence-electron chi connectivity index (χ2n) is 3.96. The number of halogens is 2. The summed E-state index contributed by atoms with van der Waals surface area (Å²) in [7, 11) is -3.95. The Morgan fingerprint density at radius 1 is 1.25 bits per heavy atom. The number of carboxylic acid groups (broad SMARTS) is 1. The van der Waals surface area contributed by atoms with Gasteiger partial charge in [-0.3, -0.25) is 4.79 Å². The third kappa shape index (κ3) is 5.16. The van der Waals surface area contributed by atoms with Gasteiger partial charge >= 0.3 is 5.97 Å². The first-order valence-electron chi connectivity index (χ1n) is 5.58. The zero-order chi connectivity index (χ0) is 15.3. The molecule has 0 atom stereocenters. The van der Waals surface area contributed by atoms with Crippen molar-refractivity contribution in [2.75, 3.05) is 6.61 Å². The summed E-state index contributed by atoms with van der Waals surface area (Å²) in [5.41, 5.74) is 0. The lowest BCUT2D eigenvalue weighted by atomic mass is 10.2. The molecule has 0 radical (unpaired) electrons. The van der Waals surface area contributed by atoms with Crippen LogP contribution in [0.5, 0.6) is 5.75 Å². The monoisotopic (exact) mass is 341 g/mol. The topological polar surface area (TPSA) is 107 Å². The maximum atomic E-state index is 11.2. The van der Waals surface area contributed by atoms with Crippen molar-refractivity contribution >= 4 is 39.2 Å². The van der Waals surface area contributed by atoms with Gasteiger partial charge < -0.3 is 9.84 Å². The minimum absolute atomic E-state index is 0.0577. The van der Waals surface area contributed by atoms with E-state index in [2.05, 4.69) is 0 Å². The van der Waals surface area contributed by atoms with Crippen LogP contribution in [0.3, 0.4) is 0 Å². The highest BCUT2D eigenvalue weighted by atomic mass is 35.5. The van der Waals surface area contributed by atoms with Crippen molar-refractivity contribution in [1.82, 2.24) is 0 Å². The highest BCUT2D eigenvalue weighted by Gasteiger charge is 2.16. The molecule has 3 N–H and O–H groups in total. The normalized spacial score (nSPS) is 11.3. The van der Waals surface area contributed by atoms with Crippen LogP contribution >= 0.6 is 23.2 Å². The van der Waals surface area contributed by atoms with Gasteiger partial charge in [0, 0.05) is 12.5 Å². The minimum Gasteiger partial charge on any atom is -0.492 e. The van der Waals surface area contributed by atoms with Crippen LogP contribution in [0.4, 0.5) is 0 Å². The number of unbranched alkanes of at least 4 members (excludes halogenated alkanes) is 1. The second kappa shape index (κ2) is 7.12. The number of benzene rings is 1. The predicted molar refractivity (Wildman–Crippen MR) is 74.8 cm³/mol. The molecule has 0 saturated heterocycles. The summed E-state index contributed by atoms with van der Waals surface area (Å²) >= 11 is 11.7. The van der Waals surface area contributed by atoms with Crippen LogP contribution in [0.2, 0.25) is 10.0 Å².